The van der Waals surface area contributed by atoms with E-state index in [-0.39, 0.29) is 17.6 Å². The van der Waals surface area contributed by atoms with E-state index in [2.05, 4.69) is 20.8 Å². The minimum atomic E-state index is -0.217. The van der Waals surface area contributed by atoms with Gasteiger partial charge in [-0.3, -0.25) is 9.59 Å². The molecule has 0 fully saturated rings. The Labute approximate surface area is 211 Å². The lowest BCUT2D eigenvalue weighted by atomic mass is 9.95. The van der Waals surface area contributed by atoms with E-state index in [4.69, 9.17) is 4.42 Å². The van der Waals surface area contributed by atoms with Crippen LogP contribution < -0.4 is 10.6 Å². The monoisotopic (exact) mass is 504 g/mol. The molecule has 0 spiro atoms. The molecule has 0 atom stereocenters. The van der Waals surface area contributed by atoms with E-state index in [1.165, 1.54) is 28.0 Å². The van der Waals surface area contributed by atoms with E-state index in [9.17, 15) is 9.59 Å². The number of aromatic nitrogens is 2. The molecule has 35 heavy (non-hydrogen) atoms. The van der Waals surface area contributed by atoms with Crippen molar-refractivity contribution in [1.82, 2.24) is 15.5 Å². The normalized spacial score (nSPS) is 12.7. The number of amides is 2. The third-order valence-electron chi connectivity index (χ3n) is 5.70. The zero-order valence-electron chi connectivity index (χ0n) is 19.0. The number of carbonyl (C=O) groups is 2. The minimum Gasteiger partial charge on any atom is -0.411 e. The third-order valence-corrected chi connectivity index (χ3v) is 7.73. The molecule has 2 aromatic heterocycles. The average Bonchev–Trinajstić information content (AvgIpc) is 3.52. The maximum absolute atomic E-state index is 13.2. The number of hydrogen-bond donors (Lipinski definition) is 2. The molecule has 0 aliphatic heterocycles. The number of nitrogens with one attached hydrogen (secondary N) is 2. The van der Waals surface area contributed by atoms with Crippen LogP contribution in [0.2, 0.25) is 0 Å². The van der Waals surface area contributed by atoms with Gasteiger partial charge >= 0.3 is 0 Å². The maximum atomic E-state index is 13.2. The van der Waals surface area contributed by atoms with Crippen LogP contribution in [0.1, 0.15) is 39.2 Å². The molecule has 7 nitrogen and oxygen atoms in total. The van der Waals surface area contributed by atoms with Gasteiger partial charge in [-0.25, -0.2) is 0 Å². The molecule has 4 aromatic rings. The van der Waals surface area contributed by atoms with Crippen molar-refractivity contribution in [2.75, 3.05) is 11.1 Å². The first kappa shape index (κ1) is 23.3. The van der Waals surface area contributed by atoms with Crippen molar-refractivity contribution in [2.45, 2.75) is 37.5 Å². The number of thiophene rings is 1. The molecule has 0 saturated carbocycles. The van der Waals surface area contributed by atoms with Gasteiger partial charge in [0.1, 0.15) is 5.00 Å². The van der Waals surface area contributed by atoms with Gasteiger partial charge in [-0.05, 0) is 48.9 Å². The fraction of sp³-hybridized carbons (Fsp3) is 0.231. The van der Waals surface area contributed by atoms with Crippen LogP contribution in [0, 0.1) is 0 Å². The largest absolute Gasteiger partial charge is 0.411 e. The van der Waals surface area contributed by atoms with Gasteiger partial charge in [0.2, 0.25) is 11.8 Å². The van der Waals surface area contributed by atoms with Gasteiger partial charge in [-0.1, -0.05) is 60.3 Å². The van der Waals surface area contributed by atoms with Crippen molar-refractivity contribution < 1.29 is 14.0 Å². The number of fused-ring (bicyclic) bond motifs is 1. The summed E-state index contributed by atoms with van der Waals surface area (Å²) in [7, 11) is 0. The van der Waals surface area contributed by atoms with E-state index in [0.717, 1.165) is 42.4 Å². The number of carbonyl (C=O) groups excluding carboxylic acids is 2. The molecule has 0 bridgehead atoms. The van der Waals surface area contributed by atoms with Crippen molar-refractivity contribution >= 4 is 39.9 Å². The number of aryl methyl sites for hydroxylation is 1. The maximum Gasteiger partial charge on any atom is 0.277 e. The molecule has 178 valence electrons. The Morgan fingerprint density at radius 3 is 2.51 bits per heavy atom. The second-order valence-corrected chi connectivity index (χ2v) is 10.2. The van der Waals surface area contributed by atoms with Gasteiger partial charge in [-0.2, -0.15) is 0 Å². The number of nitrogens with zero attached hydrogens (tertiary/aromatic N) is 2. The number of anilines is 1. The summed E-state index contributed by atoms with van der Waals surface area (Å²) in [4.78, 5) is 27.1. The van der Waals surface area contributed by atoms with Crippen molar-refractivity contribution in [1.29, 1.82) is 0 Å². The quantitative estimate of drug-likeness (QED) is 0.315. The van der Waals surface area contributed by atoms with Gasteiger partial charge in [0.15, 0.2) is 0 Å². The van der Waals surface area contributed by atoms with Crippen LogP contribution in [0.15, 0.2) is 70.3 Å². The van der Waals surface area contributed by atoms with E-state index >= 15 is 0 Å². The number of benzene rings is 2. The lowest BCUT2D eigenvalue weighted by Crippen LogP contribution is -2.25. The highest BCUT2D eigenvalue weighted by molar-refractivity contribution is 7.99. The van der Waals surface area contributed by atoms with E-state index in [1.54, 1.807) is 0 Å². The fourth-order valence-electron chi connectivity index (χ4n) is 4.02. The van der Waals surface area contributed by atoms with Crippen LogP contribution in [-0.2, 0) is 24.2 Å². The second kappa shape index (κ2) is 10.9. The van der Waals surface area contributed by atoms with Crippen LogP contribution in [-0.4, -0.2) is 27.8 Å². The molecule has 1 aliphatic carbocycles. The lowest BCUT2D eigenvalue weighted by molar-refractivity contribution is -0.113. The Bertz CT molecular complexity index is 1320. The highest BCUT2D eigenvalue weighted by Crippen LogP contribution is 2.38. The predicted molar refractivity (Wildman–Crippen MR) is 138 cm³/mol. The molecular formula is C26H24N4O3S2. The summed E-state index contributed by atoms with van der Waals surface area (Å²) in [5.41, 5.74) is 3.52. The number of rotatable bonds is 8. The minimum absolute atomic E-state index is 0.101. The molecule has 0 unspecified atom stereocenters. The van der Waals surface area contributed by atoms with Gasteiger partial charge in [0.25, 0.3) is 11.1 Å². The molecule has 2 aromatic carbocycles. The molecular weight excluding hydrogens is 480 g/mol. The number of hydrogen-bond acceptors (Lipinski definition) is 7. The van der Waals surface area contributed by atoms with Crippen molar-refractivity contribution in [3.05, 3.63) is 82.2 Å². The first-order chi connectivity index (χ1) is 17.2. The predicted octanol–water partition coefficient (Wildman–Crippen LogP) is 5.34. The van der Waals surface area contributed by atoms with Gasteiger partial charge in [0.05, 0.1) is 11.3 Å². The molecule has 2 amide bonds. The summed E-state index contributed by atoms with van der Waals surface area (Å²) in [6.45, 7) is 0.439. The molecule has 1 aliphatic rings. The third kappa shape index (κ3) is 5.63. The topological polar surface area (TPSA) is 97.1 Å². The van der Waals surface area contributed by atoms with Crippen LogP contribution in [0.3, 0.4) is 0 Å². The summed E-state index contributed by atoms with van der Waals surface area (Å²) < 4.78 is 5.67. The van der Waals surface area contributed by atoms with Crippen LogP contribution in [0.25, 0.3) is 11.5 Å². The Morgan fingerprint density at radius 1 is 0.971 bits per heavy atom. The van der Waals surface area contributed by atoms with Crippen molar-refractivity contribution in [2.24, 2.45) is 0 Å². The fourth-order valence-corrected chi connectivity index (χ4v) is 5.88. The summed E-state index contributed by atoms with van der Waals surface area (Å²) in [5.74, 6) is 0.145. The van der Waals surface area contributed by atoms with Crippen LogP contribution in [0.4, 0.5) is 5.00 Å². The van der Waals surface area contributed by atoms with Gasteiger partial charge in [-0.15, -0.1) is 21.5 Å². The molecule has 0 saturated heterocycles. The first-order valence-corrected chi connectivity index (χ1v) is 13.3. The molecule has 2 heterocycles. The van der Waals surface area contributed by atoms with Crippen LogP contribution in [0.5, 0.6) is 0 Å². The Kier molecular flexibility index (Phi) is 7.25. The zero-order chi connectivity index (χ0) is 24.0. The van der Waals surface area contributed by atoms with E-state index in [0.29, 0.717) is 28.2 Å². The molecule has 2 N–H and O–H groups in total. The second-order valence-electron chi connectivity index (χ2n) is 8.16. The lowest BCUT2D eigenvalue weighted by Gasteiger charge is -2.13. The van der Waals surface area contributed by atoms with Crippen molar-refractivity contribution in [3.8, 4) is 11.5 Å². The van der Waals surface area contributed by atoms with Gasteiger partial charge < -0.3 is 15.1 Å². The Hall–Kier alpha value is -3.43. The molecule has 9 heteroatoms. The van der Waals surface area contributed by atoms with Crippen LogP contribution >= 0.6 is 23.1 Å². The van der Waals surface area contributed by atoms with Gasteiger partial charge in [0, 0.05) is 17.0 Å². The summed E-state index contributed by atoms with van der Waals surface area (Å²) >= 11 is 2.68. The summed E-state index contributed by atoms with van der Waals surface area (Å²) in [6.07, 6.45) is 3.94. The average molecular weight is 505 g/mol. The van der Waals surface area contributed by atoms with E-state index in [1.807, 2.05) is 60.7 Å². The first-order valence-electron chi connectivity index (χ1n) is 11.5. The smallest absolute Gasteiger partial charge is 0.277 e. The van der Waals surface area contributed by atoms with E-state index < -0.39 is 0 Å². The Balaban J connectivity index is 1.25. The van der Waals surface area contributed by atoms with Crippen molar-refractivity contribution in [3.63, 3.8) is 0 Å². The Morgan fingerprint density at radius 2 is 1.71 bits per heavy atom. The zero-order valence-corrected chi connectivity index (χ0v) is 20.6. The molecule has 5 rings (SSSR count). The highest BCUT2D eigenvalue weighted by Gasteiger charge is 2.26. The SMILES string of the molecule is O=C(CSc1nnc(-c2ccccc2)o1)Nc1sc2c(c1C(=O)NCc1ccccc1)CCCC2. The summed E-state index contributed by atoms with van der Waals surface area (Å²) in [6, 6.07) is 19.3. The highest BCUT2D eigenvalue weighted by atomic mass is 32.2. The number of thioether (sulfide) groups is 1. The molecule has 0 radical (unpaired) electrons. The summed E-state index contributed by atoms with van der Waals surface area (Å²) in [5, 5.41) is 15.0. The standard InChI is InChI=1S/C26H24N4O3S2/c31-21(16-34-26-30-29-24(33-26)18-11-5-2-6-12-18)28-25-22(19-13-7-8-14-20(19)35-25)23(32)27-15-17-9-3-1-4-10-17/h1-6,9-12H,7-8,13-16H2,(H,27,32)(H,28,31).